The molecule has 1 heterocycles. The highest BCUT2D eigenvalue weighted by molar-refractivity contribution is 5.85. The van der Waals surface area contributed by atoms with Crippen LogP contribution in [0.15, 0.2) is 34.9 Å². The lowest BCUT2D eigenvalue weighted by molar-refractivity contribution is 0.103. The SMILES string of the molecule is COc1ccc(COc2cc(CON)on2)cc1.Cl. The summed E-state index contributed by atoms with van der Waals surface area (Å²) in [5.41, 5.74) is 1.01. The molecule has 19 heavy (non-hydrogen) atoms. The first-order chi connectivity index (χ1) is 8.81. The molecule has 0 radical (unpaired) electrons. The summed E-state index contributed by atoms with van der Waals surface area (Å²) in [6.07, 6.45) is 0. The van der Waals surface area contributed by atoms with Gasteiger partial charge >= 0.3 is 0 Å². The van der Waals surface area contributed by atoms with Crippen LogP contribution in [0.25, 0.3) is 0 Å². The molecule has 0 saturated carbocycles. The van der Waals surface area contributed by atoms with E-state index in [9.17, 15) is 0 Å². The van der Waals surface area contributed by atoms with Crippen molar-refractivity contribution >= 4 is 12.4 Å². The van der Waals surface area contributed by atoms with Crippen LogP contribution in [-0.2, 0) is 18.1 Å². The van der Waals surface area contributed by atoms with Gasteiger partial charge in [0.25, 0.3) is 5.88 Å². The molecule has 0 saturated heterocycles. The van der Waals surface area contributed by atoms with E-state index >= 15 is 0 Å². The van der Waals surface area contributed by atoms with E-state index in [0.717, 1.165) is 11.3 Å². The minimum absolute atomic E-state index is 0. The van der Waals surface area contributed by atoms with Crippen molar-refractivity contribution in [3.8, 4) is 11.6 Å². The van der Waals surface area contributed by atoms with Crippen LogP contribution in [0.5, 0.6) is 11.6 Å². The fraction of sp³-hybridized carbons (Fsp3) is 0.250. The number of ether oxygens (including phenoxy) is 2. The van der Waals surface area contributed by atoms with Gasteiger partial charge in [0, 0.05) is 6.07 Å². The van der Waals surface area contributed by atoms with E-state index < -0.39 is 0 Å². The fourth-order valence-corrected chi connectivity index (χ4v) is 1.39. The largest absolute Gasteiger partial charge is 0.497 e. The third-order valence-electron chi connectivity index (χ3n) is 2.31. The molecular weight excluding hydrogens is 272 g/mol. The van der Waals surface area contributed by atoms with Crippen LogP contribution in [0.2, 0.25) is 0 Å². The highest BCUT2D eigenvalue weighted by Gasteiger charge is 2.05. The summed E-state index contributed by atoms with van der Waals surface area (Å²) in [5, 5.41) is 3.73. The first kappa shape index (κ1) is 15.3. The Bertz CT molecular complexity index is 487. The van der Waals surface area contributed by atoms with Gasteiger partial charge < -0.3 is 14.0 Å². The van der Waals surface area contributed by atoms with Crippen LogP contribution in [0.4, 0.5) is 0 Å². The Kier molecular flexibility index (Phi) is 6.14. The van der Waals surface area contributed by atoms with Gasteiger partial charge in [0.1, 0.15) is 19.0 Å². The summed E-state index contributed by atoms with van der Waals surface area (Å²) < 4.78 is 15.4. The Labute approximate surface area is 116 Å². The summed E-state index contributed by atoms with van der Waals surface area (Å²) in [7, 11) is 1.63. The average Bonchev–Trinajstić information content (AvgIpc) is 2.85. The molecule has 0 fully saturated rings. The summed E-state index contributed by atoms with van der Waals surface area (Å²) in [4.78, 5) is 4.43. The average molecular weight is 287 g/mol. The van der Waals surface area contributed by atoms with E-state index in [0.29, 0.717) is 18.2 Å². The molecular formula is C12H15ClN2O4. The predicted octanol–water partition coefficient (Wildman–Crippen LogP) is 2.07. The normalized spacial score (nSPS) is 9.79. The molecule has 0 atom stereocenters. The van der Waals surface area contributed by atoms with E-state index in [1.54, 1.807) is 13.2 Å². The molecule has 0 amide bonds. The van der Waals surface area contributed by atoms with E-state index in [1.807, 2.05) is 24.3 Å². The second-order valence-corrected chi connectivity index (χ2v) is 3.58. The summed E-state index contributed by atoms with van der Waals surface area (Å²) in [6.45, 7) is 0.568. The number of aromatic nitrogens is 1. The van der Waals surface area contributed by atoms with Crippen molar-refractivity contribution < 1.29 is 18.8 Å². The van der Waals surface area contributed by atoms with Crippen LogP contribution in [0, 0.1) is 0 Å². The van der Waals surface area contributed by atoms with E-state index in [2.05, 4.69) is 9.99 Å². The first-order valence-electron chi connectivity index (χ1n) is 5.35. The fourth-order valence-electron chi connectivity index (χ4n) is 1.39. The standard InChI is InChI=1S/C12H14N2O4.ClH/c1-15-10-4-2-9(3-5-10)7-16-12-6-11(8-17-13)18-14-12;/h2-6H,7-8,13H2,1H3;1H. The monoisotopic (exact) mass is 286 g/mol. The highest BCUT2D eigenvalue weighted by Crippen LogP contribution is 2.15. The Morgan fingerprint density at radius 2 is 1.95 bits per heavy atom. The third kappa shape index (κ3) is 4.44. The van der Waals surface area contributed by atoms with Gasteiger partial charge in [-0.25, -0.2) is 5.90 Å². The molecule has 1 aromatic carbocycles. The van der Waals surface area contributed by atoms with Crippen LogP contribution >= 0.6 is 12.4 Å². The van der Waals surface area contributed by atoms with Crippen molar-refractivity contribution in [2.45, 2.75) is 13.2 Å². The molecule has 104 valence electrons. The quantitative estimate of drug-likeness (QED) is 0.819. The van der Waals surface area contributed by atoms with Crippen LogP contribution in [-0.4, -0.2) is 12.3 Å². The van der Waals surface area contributed by atoms with E-state index in [1.165, 1.54) is 0 Å². The second kappa shape index (κ2) is 7.63. The molecule has 0 bridgehead atoms. The van der Waals surface area contributed by atoms with Gasteiger partial charge in [-0.1, -0.05) is 12.1 Å². The Balaban J connectivity index is 0.00000180. The molecule has 0 unspecified atom stereocenters. The van der Waals surface area contributed by atoms with Crippen molar-refractivity contribution in [2.24, 2.45) is 5.90 Å². The molecule has 2 N–H and O–H groups in total. The Morgan fingerprint density at radius 3 is 2.58 bits per heavy atom. The minimum atomic E-state index is 0. The summed E-state index contributed by atoms with van der Waals surface area (Å²) in [6, 6.07) is 9.21. The first-order valence-corrected chi connectivity index (χ1v) is 5.35. The number of hydrogen-bond acceptors (Lipinski definition) is 6. The van der Waals surface area contributed by atoms with Gasteiger partial charge in [0.15, 0.2) is 5.76 Å². The lowest BCUT2D eigenvalue weighted by Crippen LogP contribution is -1.97. The molecule has 6 nitrogen and oxygen atoms in total. The van der Waals surface area contributed by atoms with Gasteiger partial charge in [-0.2, -0.15) is 0 Å². The number of hydrogen-bond donors (Lipinski definition) is 1. The van der Waals surface area contributed by atoms with Crippen molar-refractivity contribution in [1.29, 1.82) is 0 Å². The Morgan fingerprint density at radius 1 is 1.21 bits per heavy atom. The maximum Gasteiger partial charge on any atom is 0.254 e. The van der Waals surface area contributed by atoms with Gasteiger partial charge in [-0.15, -0.1) is 12.4 Å². The number of methoxy groups -OCH3 is 1. The molecule has 0 aliphatic carbocycles. The van der Waals surface area contributed by atoms with Crippen LogP contribution in [0.3, 0.4) is 0 Å². The number of nitrogens with zero attached hydrogens (tertiary/aromatic N) is 1. The van der Waals surface area contributed by atoms with Gasteiger partial charge in [-0.05, 0) is 22.9 Å². The van der Waals surface area contributed by atoms with Crippen LogP contribution < -0.4 is 15.4 Å². The van der Waals surface area contributed by atoms with E-state index in [-0.39, 0.29) is 19.0 Å². The molecule has 0 spiro atoms. The van der Waals surface area contributed by atoms with Crippen molar-refractivity contribution in [3.05, 3.63) is 41.7 Å². The molecule has 1 aromatic heterocycles. The zero-order valence-corrected chi connectivity index (χ0v) is 11.2. The molecule has 0 aliphatic rings. The zero-order chi connectivity index (χ0) is 12.8. The lowest BCUT2D eigenvalue weighted by Gasteiger charge is -2.03. The second-order valence-electron chi connectivity index (χ2n) is 3.58. The maximum atomic E-state index is 5.45. The van der Waals surface area contributed by atoms with Crippen molar-refractivity contribution in [3.63, 3.8) is 0 Å². The van der Waals surface area contributed by atoms with Gasteiger partial charge in [-0.3, -0.25) is 4.84 Å². The molecule has 2 aromatic rings. The highest BCUT2D eigenvalue weighted by atomic mass is 35.5. The predicted molar refractivity (Wildman–Crippen MR) is 70.1 cm³/mol. The molecule has 7 heteroatoms. The number of benzene rings is 1. The van der Waals surface area contributed by atoms with Gasteiger partial charge in [0.05, 0.1) is 7.11 Å². The lowest BCUT2D eigenvalue weighted by atomic mass is 10.2. The van der Waals surface area contributed by atoms with Crippen molar-refractivity contribution in [1.82, 2.24) is 5.16 Å². The Hall–Kier alpha value is -1.76. The summed E-state index contributed by atoms with van der Waals surface area (Å²) >= 11 is 0. The van der Waals surface area contributed by atoms with E-state index in [4.69, 9.17) is 19.9 Å². The maximum absolute atomic E-state index is 5.45. The smallest absolute Gasteiger partial charge is 0.254 e. The summed E-state index contributed by atoms with van der Waals surface area (Å²) in [5.74, 6) is 6.65. The third-order valence-corrected chi connectivity index (χ3v) is 2.31. The van der Waals surface area contributed by atoms with Crippen molar-refractivity contribution in [2.75, 3.05) is 7.11 Å². The molecule has 0 aliphatic heterocycles. The van der Waals surface area contributed by atoms with Crippen LogP contribution in [0.1, 0.15) is 11.3 Å². The van der Waals surface area contributed by atoms with Gasteiger partial charge in [0.2, 0.25) is 0 Å². The zero-order valence-electron chi connectivity index (χ0n) is 10.4. The molecule has 2 rings (SSSR count). The minimum Gasteiger partial charge on any atom is -0.497 e. The number of nitrogens with two attached hydrogens (primary N) is 1. The number of halogens is 1. The topological polar surface area (TPSA) is 79.7 Å². The number of rotatable bonds is 6.